The Labute approximate surface area is 245 Å². The fourth-order valence-corrected chi connectivity index (χ4v) is 5.84. The van der Waals surface area contributed by atoms with Gasteiger partial charge in [0.05, 0.1) is 17.7 Å². The summed E-state index contributed by atoms with van der Waals surface area (Å²) in [6.45, 7) is 5.35. The van der Waals surface area contributed by atoms with Gasteiger partial charge in [-0.2, -0.15) is 0 Å². The second kappa shape index (κ2) is 14.3. The molecule has 214 valence electrons. The molecule has 1 N–H and O–H groups in total. The van der Waals surface area contributed by atoms with E-state index in [4.69, 9.17) is 4.74 Å². The van der Waals surface area contributed by atoms with Gasteiger partial charge in [-0.1, -0.05) is 60.1 Å². The van der Waals surface area contributed by atoms with E-state index < -0.39 is 28.5 Å². The van der Waals surface area contributed by atoms with Gasteiger partial charge in [0, 0.05) is 17.1 Å². The molecule has 3 aromatic rings. The van der Waals surface area contributed by atoms with Gasteiger partial charge >= 0.3 is 0 Å². The van der Waals surface area contributed by atoms with Crippen LogP contribution in [0.5, 0.6) is 5.75 Å². The lowest BCUT2D eigenvalue weighted by Gasteiger charge is -2.33. The van der Waals surface area contributed by atoms with Crippen molar-refractivity contribution in [2.75, 3.05) is 18.0 Å². The zero-order valence-electron chi connectivity index (χ0n) is 23.2. The zero-order valence-corrected chi connectivity index (χ0v) is 25.6. The molecule has 0 aliphatic heterocycles. The first kappa shape index (κ1) is 31.2. The van der Waals surface area contributed by atoms with E-state index in [2.05, 4.69) is 21.2 Å². The summed E-state index contributed by atoms with van der Waals surface area (Å²) >= 11 is 3.38. The Balaban J connectivity index is 2.03. The first-order valence-electron chi connectivity index (χ1n) is 13.2. The highest BCUT2D eigenvalue weighted by Gasteiger charge is 2.34. The maximum Gasteiger partial charge on any atom is 0.264 e. The van der Waals surface area contributed by atoms with Crippen LogP contribution in [-0.2, 0) is 26.2 Å². The van der Waals surface area contributed by atoms with Crippen LogP contribution in [0.3, 0.4) is 0 Å². The number of hydrogen-bond donors (Lipinski definition) is 1. The topological polar surface area (TPSA) is 96.0 Å². The summed E-state index contributed by atoms with van der Waals surface area (Å²) in [6, 6.07) is 21.1. The van der Waals surface area contributed by atoms with Crippen LogP contribution < -0.4 is 14.4 Å². The summed E-state index contributed by atoms with van der Waals surface area (Å²) in [4.78, 5) is 28.9. The van der Waals surface area contributed by atoms with E-state index in [0.717, 1.165) is 20.8 Å². The van der Waals surface area contributed by atoms with Gasteiger partial charge in [0.15, 0.2) is 0 Å². The van der Waals surface area contributed by atoms with Crippen molar-refractivity contribution >= 4 is 43.5 Å². The number of halogens is 1. The molecular weight excluding hydrogens is 594 g/mol. The molecule has 0 spiro atoms. The van der Waals surface area contributed by atoms with Gasteiger partial charge in [-0.15, -0.1) is 0 Å². The second-order valence-electron chi connectivity index (χ2n) is 9.41. The number of sulfonamides is 1. The maximum atomic E-state index is 14.1. The second-order valence-corrected chi connectivity index (χ2v) is 12.2. The number of methoxy groups -OCH3 is 1. The highest BCUT2D eigenvalue weighted by molar-refractivity contribution is 9.10. The maximum absolute atomic E-state index is 14.1. The van der Waals surface area contributed by atoms with Gasteiger partial charge in [0.2, 0.25) is 11.8 Å². The molecule has 0 bridgehead atoms. The number of rotatable bonds is 13. The Morgan fingerprint density at radius 3 is 2.10 bits per heavy atom. The molecule has 0 aromatic heterocycles. The molecule has 2 atom stereocenters. The van der Waals surface area contributed by atoms with Crippen molar-refractivity contribution in [2.24, 2.45) is 0 Å². The highest BCUT2D eigenvalue weighted by Crippen LogP contribution is 2.26. The number of carbonyl (C=O) groups is 2. The fourth-order valence-electron chi connectivity index (χ4n) is 4.14. The average Bonchev–Trinajstić information content (AvgIpc) is 2.96. The van der Waals surface area contributed by atoms with Gasteiger partial charge in [-0.3, -0.25) is 13.9 Å². The average molecular weight is 631 g/mol. The predicted molar refractivity (Wildman–Crippen MR) is 161 cm³/mol. The van der Waals surface area contributed by atoms with Gasteiger partial charge in [0.25, 0.3) is 10.0 Å². The third-order valence-electron chi connectivity index (χ3n) is 6.62. The van der Waals surface area contributed by atoms with Gasteiger partial charge < -0.3 is 15.0 Å². The number of amides is 2. The van der Waals surface area contributed by atoms with Crippen molar-refractivity contribution in [3.05, 3.63) is 88.9 Å². The van der Waals surface area contributed by atoms with E-state index in [1.807, 2.05) is 32.9 Å². The van der Waals surface area contributed by atoms with Crippen molar-refractivity contribution in [1.29, 1.82) is 0 Å². The molecule has 0 heterocycles. The molecule has 0 saturated carbocycles. The van der Waals surface area contributed by atoms with Crippen LogP contribution in [0, 0.1) is 0 Å². The van der Waals surface area contributed by atoms with Gasteiger partial charge in [-0.05, 0) is 73.9 Å². The molecule has 0 radical (unpaired) electrons. The molecule has 3 rings (SSSR count). The SMILES string of the molecule is CC[C@@H](C)NC(=O)[C@@H](CC)N(Cc1ccc(OC)cc1)C(=O)CN(c1ccc(Br)cc1)S(=O)(=O)c1ccccc1. The molecule has 10 heteroatoms. The number of nitrogens with zero attached hydrogens (tertiary/aromatic N) is 2. The van der Waals surface area contributed by atoms with Crippen molar-refractivity contribution in [3.8, 4) is 5.75 Å². The van der Waals surface area contributed by atoms with Crippen LogP contribution in [0.2, 0.25) is 0 Å². The highest BCUT2D eigenvalue weighted by atomic mass is 79.9. The molecule has 8 nitrogen and oxygen atoms in total. The monoisotopic (exact) mass is 629 g/mol. The van der Waals surface area contributed by atoms with Crippen LogP contribution >= 0.6 is 15.9 Å². The molecular formula is C30H36BrN3O5S. The third-order valence-corrected chi connectivity index (χ3v) is 8.94. The Bertz CT molecular complexity index is 1370. The standard InChI is InChI=1S/C30H36BrN3O5S/c1-5-22(3)32-30(36)28(6-2)33(20-23-12-18-26(39-4)19-13-23)29(35)21-34(25-16-14-24(31)15-17-25)40(37,38)27-10-8-7-9-11-27/h7-19,22,28H,5-6,20-21H2,1-4H3,(H,32,36)/t22-,28-/m1/s1. The van der Waals surface area contributed by atoms with E-state index >= 15 is 0 Å². The molecule has 2 amide bonds. The Morgan fingerprint density at radius 2 is 1.55 bits per heavy atom. The van der Waals surface area contributed by atoms with E-state index in [-0.39, 0.29) is 23.4 Å². The van der Waals surface area contributed by atoms with Crippen LogP contribution in [0.25, 0.3) is 0 Å². The number of ether oxygens (including phenoxy) is 1. The Morgan fingerprint density at radius 1 is 0.925 bits per heavy atom. The number of benzene rings is 3. The van der Waals surface area contributed by atoms with Crippen LogP contribution in [0.15, 0.2) is 88.2 Å². The Kier molecular flexibility index (Phi) is 11.2. The minimum absolute atomic E-state index is 0.0639. The lowest BCUT2D eigenvalue weighted by atomic mass is 10.1. The normalized spacial score (nSPS) is 12.7. The molecule has 0 unspecified atom stereocenters. The number of anilines is 1. The minimum Gasteiger partial charge on any atom is -0.497 e. The number of carbonyl (C=O) groups excluding carboxylic acids is 2. The smallest absolute Gasteiger partial charge is 0.264 e. The number of nitrogens with one attached hydrogen (secondary N) is 1. The van der Waals surface area contributed by atoms with E-state index in [1.54, 1.807) is 61.7 Å². The van der Waals surface area contributed by atoms with E-state index in [9.17, 15) is 18.0 Å². The zero-order chi connectivity index (χ0) is 29.3. The molecule has 0 aliphatic carbocycles. The predicted octanol–water partition coefficient (Wildman–Crippen LogP) is 5.38. The third kappa shape index (κ3) is 7.85. The lowest BCUT2D eigenvalue weighted by Crippen LogP contribution is -2.53. The summed E-state index contributed by atoms with van der Waals surface area (Å²) in [6.07, 6.45) is 1.09. The summed E-state index contributed by atoms with van der Waals surface area (Å²) in [5.74, 6) is -0.109. The van der Waals surface area contributed by atoms with Crippen LogP contribution in [0.4, 0.5) is 5.69 Å². The van der Waals surface area contributed by atoms with Crippen LogP contribution in [0.1, 0.15) is 39.2 Å². The van der Waals surface area contributed by atoms with Crippen LogP contribution in [-0.4, -0.2) is 50.9 Å². The van der Waals surface area contributed by atoms with Gasteiger partial charge in [0.1, 0.15) is 18.3 Å². The molecule has 40 heavy (non-hydrogen) atoms. The first-order valence-corrected chi connectivity index (χ1v) is 15.4. The fraction of sp³-hybridized carbons (Fsp3) is 0.333. The largest absolute Gasteiger partial charge is 0.497 e. The summed E-state index contributed by atoms with van der Waals surface area (Å²) in [5.41, 5.74) is 1.12. The molecule has 0 saturated heterocycles. The van der Waals surface area contributed by atoms with Crippen molar-refractivity contribution in [3.63, 3.8) is 0 Å². The lowest BCUT2D eigenvalue weighted by molar-refractivity contribution is -0.140. The summed E-state index contributed by atoms with van der Waals surface area (Å²) in [7, 11) is -2.53. The van der Waals surface area contributed by atoms with Crippen molar-refractivity contribution < 1.29 is 22.7 Å². The van der Waals surface area contributed by atoms with Crippen molar-refractivity contribution in [2.45, 2.75) is 57.1 Å². The molecule has 3 aromatic carbocycles. The Hall–Kier alpha value is -3.37. The van der Waals surface area contributed by atoms with Gasteiger partial charge in [-0.25, -0.2) is 8.42 Å². The quantitative estimate of drug-likeness (QED) is 0.274. The van der Waals surface area contributed by atoms with E-state index in [1.165, 1.54) is 17.0 Å². The number of hydrogen-bond acceptors (Lipinski definition) is 5. The molecule has 0 aliphatic rings. The van der Waals surface area contributed by atoms with E-state index in [0.29, 0.717) is 17.9 Å². The molecule has 0 fully saturated rings. The summed E-state index contributed by atoms with van der Waals surface area (Å²) < 4.78 is 34.7. The van der Waals surface area contributed by atoms with Crippen molar-refractivity contribution in [1.82, 2.24) is 10.2 Å². The first-order chi connectivity index (χ1) is 19.1. The summed E-state index contributed by atoms with van der Waals surface area (Å²) in [5, 5.41) is 2.98. The minimum atomic E-state index is -4.10.